The molecule has 0 bridgehead atoms. The van der Waals surface area contributed by atoms with Crippen LogP contribution in [0.2, 0.25) is 0 Å². The molecule has 38 heavy (non-hydrogen) atoms. The van der Waals surface area contributed by atoms with Crippen molar-refractivity contribution in [2.24, 2.45) is 0 Å². The van der Waals surface area contributed by atoms with E-state index >= 15 is 0 Å². The molecule has 1 amide bonds. The second-order valence-corrected chi connectivity index (χ2v) is 9.09. The fourth-order valence-electron chi connectivity index (χ4n) is 4.56. The van der Waals surface area contributed by atoms with Crippen molar-refractivity contribution in [3.63, 3.8) is 0 Å². The summed E-state index contributed by atoms with van der Waals surface area (Å²) < 4.78 is 17.0. The van der Waals surface area contributed by atoms with E-state index in [0.29, 0.717) is 54.7 Å². The quantitative estimate of drug-likeness (QED) is 0.160. The average Bonchev–Trinajstić information content (AvgIpc) is 3.19. The molecule has 0 spiro atoms. The van der Waals surface area contributed by atoms with Gasteiger partial charge >= 0.3 is 0 Å². The molecule has 0 aromatic heterocycles. The molecule has 206 valence electrons. The summed E-state index contributed by atoms with van der Waals surface area (Å²) in [6.07, 6.45) is 1.93. The molecule has 1 unspecified atom stereocenters. The number of hydrogen-bond donors (Lipinski definition) is 1. The van der Waals surface area contributed by atoms with Gasteiger partial charge < -0.3 is 29.1 Å². The zero-order chi connectivity index (χ0) is 27.7. The fourth-order valence-corrected chi connectivity index (χ4v) is 4.56. The van der Waals surface area contributed by atoms with E-state index in [-0.39, 0.29) is 11.3 Å². The molecule has 2 aromatic carbocycles. The number of carbonyl (C=O) groups excluding carboxylic acids is 2. The third kappa shape index (κ3) is 6.48. The smallest absolute Gasteiger partial charge is 0.295 e. The Kier molecular flexibility index (Phi) is 10.6. The number of hydrogen-bond acceptors (Lipinski definition) is 7. The summed E-state index contributed by atoms with van der Waals surface area (Å²) in [7, 11) is 1.56. The van der Waals surface area contributed by atoms with Crippen LogP contribution in [0.5, 0.6) is 17.2 Å². The maximum atomic E-state index is 13.4. The number of aliphatic hydroxyl groups is 1. The van der Waals surface area contributed by atoms with Crippen LogP contribution in [-0.2, 0) is 9.59 Å². The molecule has 1 heterocycles. The molecule has 8 nitrogen and oxygen atoms in total. The van der Waals surface area contributed by atoms with Crippen molar-refractivity contribution in [2.75, 3.05) is 46.5 Å². The Bertz CT molecular complexity index is 1120. The predicted octanol–water partition coefficient (Wildman–Crippen LogP) is 5.04. The molecular weight excluding hydrogens is 484 g/mol. The van der Waals surface area contributed by atoms with E-state index in [9.17, 15) is 14.7 Å². The van der Waals surface area contributed by atoms with Gasteiger partial charge in [-0.2, -0.15) is 0 Å². The number of carbonyl (C=O) groups is 2. The number of ketones is 1. The van der Waals surface area contributed by atoms with Crippen molar-refractivity contribution >= 4 is 17.4 Å². The maximum absolute atomic E-state index is 13.4. The average molecular weight is 525 g/mol. The number of amides is 1. The number of Topliss-reactive ketones (excluding diaryl/α,β-unsaturated/α-hetero) is 1. The molecule has 1 fully saturated rings. The van der Waals surface area contributed by atoms with Crippen LogP contribution >= 0.6 is 0 Å². The van der Waals surface area contributed by atoms with Gasteiger partial charge in [0.15, 0.2) is 11.5 Å². The summed E-state index contributed by atoms with van der Waals surface area (Å²) >= 11 is 0. The van der Waals surface area contributed by atoms with Crippen molar-refractivity contribution in [1.29, 1.82) is 0 Å². The maximum Gasteiger partial charge on any atom is 0.295 e. The molecule has 0 aliphatic carbocycles. The lowest BCUT2D eigenvalue weighted by Crippen LogP contribution is -2.38. The number of nitrogens with zero attached hydrogens (tertiary/aromatic N) is 2. The first-order valence-electron chi connectivity index (χ1n) is 13.4. The van der Waals surface area contributed by atoms with E-state index in [1.54, 1.807) is 36.3 Å². The van der Waals surface area contributed by atoms with Crippen LogP contribution in [0.4, 0.5) is 0 Å². The zero-order valence-electron chi connectivity index (χ0n) is 23.2. The summed E-state index contributed by atoms with van der Waals surface area (Å²) in [6, 6.07) is 11.5. The summed E-state index contributed by atoms with van der Waals surface area (Å²) in [4.78, 5) is 30.4. The number of unbranched alkanes of at least 4 members (excludes halogenated alkanes) is 1. The van der Waals surface area contributed by atoms with Crippen LogP contribution in [0.25, 0.3) is 5.76 Å². The van der Waals surface area contributed by atoms with E-state index in [4.69, 9.17) is 14.2 Å². The minimum absolute atomic E-state index is 0.0572. The van der Waals surface area contributed by atoms with E-state index in [1.807, 2.05) is 25.1 Å². The third-order valence-corrected chi connectivity index (χ3v) is 6.79. The number of benzene rings is 2. The first kappa shape index (κ1) is 29.0. The van der Waals surface area contributed by atoms with Crippen molar-refractivity contribution in [1.82, 2.24) is 9.80 Å². The van der Waals surface area contributed by atoms with Gasteiger partial charge in [0.1, 0.15) is 11.5 Å². The van der Waals surface area contributed by atoms with E-state index < -0.39 is 17.7 Å². The molecule has 1 aliphatic rings. The van der Waals surface area contributed by atoms with Crippen LogP contribution in [0.3, 0.4) is 0 Å². The number of aliphatic hydroxyl groups excluding tert-OH is 1. The van der Waals surface area contributed by atoms with Crippen molar-refractivity contribution in [3.8, 4) is 17.2 Å². The molecule has 2 aromatic rings. The topological polar surface area (TPSA) is 88.5 Å². The van der Waals surface area contributed by atoms with Crippen molar-refractivity contribution in [2.45, 2.75) is 46.6 Å². The fraction of sp³-hybridized carbons (Fsp3) is 0.467. The first-order chi connectivity index (χ1) is 18.4. The highest BCUT2D eigenvalue weighted by molar-refractivity contribution is 6.46. The van der Waals surface area contributed by atoms with Gasteiger partial charge in [-0.25, -0.2) is 0 Å². The minimum atomic E-state index is -0.767. The second-order valence-electron chi connectivity index (χ2n) is 9.09. The highest BCUT2D eigenvalue weighted by Crippen LogP contribution is 2.42. The lowest BCUT2D eigenvalue weighted by molar-refractivity contribution is -0.140. The number of ether oxygens (including phenoxy) is 3. The van der Waals surface area contributed by atoms with Gasteiger partial charge in [0, 0.05) is 18.7 Å². The summed E-state index contributed by atoms with van der Waals surface area (Å²) in [6.45, 7) is 11.7. The molecule has 8 heteroatoms. The van der Waals surface area contributed by atoms with Gasteiger partial charge in [0.05, 0.1) is 31.9 Å². The number of rotatable bonds is 14. The normalized spacial score (nSPS) is 16.8. The Morgan fingerprint density at radius 2 is 1.68 bits per heavy atom. The van der Waals surface area contributed by atoms with Gasteiger partial charge in [-0.15, -0.1) is 0 Å². The van der Waals surface area contributed by atoms with E-state index in [2.05, 4.69) is 25.7 Å². The Morgan fingerprint density at radius 3 is 2.29 bits per heavy atom. The van der Waals surface area contributed by atoms with Gasteiger partial charge in [0.2, 0.25) is 0 Å². The van der Waals surface area contributed by atoms with Crippen LogP contribution in [0, 0.1) is 0 Å². The van der Waals surface area contributed by atoms with E-state index in [0.717, 1.165) is 25.9 Å². The zero-order valence-corrected chi connectivity index (χ0v) is 23.2. The van der Waals surface area contributed by atoms with Crippen molar-refractivity contribution < 1.29 is 28.9 Å². The number of likely N-dealkylation sites (N-methyl/N-ethyl adjacent to an activating group) is 1. The minimum Gasteiger partial charge on any atom is -0.507 e. The lowest BCUT2D eigenvalue weighted by atomic mass is 9.95. The van der Waals surface area contributed by atoms with Crippen LogP contribution < -0.4 is 14.2 Å². The highest BCUT2D eigenvalue weighted by Gasteiger charge is 2.46. The van der Waals surface area contributed by atoms with Gasteiger partial charge in [0.25, 0.3) is 11.7 Å². The summed E-state index contributed by atoms with van der Waals surface area (Å²) in [5, 5.41) is 11.3. The third-order valence-electron chi connectivity index (χ3n) is 6.79. The SMILES string of the molecule is CCCCOc1ccc(C2/C(=C(\O)c3ccc(OC)cc3)C(=O)C(=O)N2CCN(CC)CC)cc1OCC. The van der Waals surface area contributed by atoms with Gasteiger partial charge in [-0.1, -0.05) is 33.3 Å². The molecule has 1 N–H and O–H groups in total. The Hall–Kier alpha value is -3.52. The first-order valence-corrected chi connectivity index (χ1v) is 13.4. The lowest BCUT2D eigenvalue weighted by Gasteiger charge is -2.28. The van der Waals surface area contributed by atoms with Crippen LogP contribution in [0.1, 0.15) is 57.7 Å². The molecule has 1 atom stereocenters. The highest BCUT2D eigenvalue weighted by atomic mass is 16.5. The van der Waals surface area contributed by atoms with Gasteiger partial charge in [-0.05, 0) is 68.4 Å². The Labute approximate surface area is 225 Å². The molecular formula is C30H40N2O6. The Morgan fingerprint density at radius 1 is 0.974 bits per heavy atom. The molecule has 0 radical (unpaired) electrons. The number of methoxy groups -OCH3 is 1. The summed E-state index contributed by atoms with van der Waals surface area (Å²) in [5.74, 6) is 0.224. The number of likely N-dealkylation sites (tertiary alicyclic amines) is 1. The molecule has 0 saturated carbocycles. The van der Waals surface area contributed by atoms with Gasteiger partial charge in [-0.3, -0.25) is 9.59 Å². The van der Waals surface area contributed by atoms with Crippen LogP contribution in [0.15, 0.2) is 48.0 Å². The summed E-state index contributed by atoms with van der Waals surface area (Å²) in [5.41, 5.74) is 1.16. The predicted molar refractivity (Wildman–Crippen MR) is 148 cm³/mol. The standard InChI is InChI=1S/C30H40N2O6/c1-6-10-19-38-24-16-13-22(20-25(24)37-9-4)27-26(28(33)21-11-14-23(36-5)15-12-21)29(34)30(35)32(27)18-17-31(7-2)8-3/h11-16,20,27,33H,6-10,17-19H2,1-5H3/b28-26+. The Balaban J connectivity index is 2.11. The molecule has 3 rings (SSSR count). The monoisotopic (exact) mass is 524 g/mol. The molecule has 1 saturated heterocycles. The largest absolute Gasteiger partial charge is 0.507 e. The van der Waals surface area contributed by atoms with Crippen molar-refractivity contribution in [3.05, 3.63) is 59.2 Å². The van der Waals surface area contributed by atoms with E-state index in [1.165, 1.54) is 0 Å². The second kappa shape index (κ2) is 13.9. The van der Waals surface area contributed by atoms with Crippen LogP contribution in [-0.4, -0.2) is 73.1 Å². The molecule has 1 aliphatic heterocycles.